The number of aryl methyl sites for hydroxylation is 1. The molecule has 0 aliphatic rings. The fraction of sp³-hybridized carbons (Fsp3) is 0.385. The zero-order valence-electron chi connectivity index (χ0n) is 9.12. The van der Waals surface area contributed by atoms with Gasteiger partial charge in [-0.25, -0.2) is 0 Å². The second-order valence-electron chi connectivity index (χ2n) is 4.00. The summed E-state index contributed by atoms with van der Waals surface area (Å²) in [6, 6.07) is 10.9. The maximum Gasteiger partial charge on any atom is 0.0479 e. The normalized spacial score (nSPS) is 13.4. The van der Waals surface area contributed by atoms with E-state index in [1.807, 2.05) is 0 Å². The predicted octanol–water partition coefficient (Wildman–Crippen LogP) is 3.69. The van der Waals surface area contributed by atoms with Crippen molar-refractivity contribution in [3.8, 4) is 0 Å². The van der Waals surface area contributed by atoms with Gasteiger partial charge >= 0.3 is 0 Å². The lowest BCUT2D eigenvalue weighted by Gasteiger charge is -2.09. The average molecular weight is 187 g/mol. The Morgan fingerprint density at radius 1 is 1.29 bits per heavy atom. The molecule has 2 aromatic rings. The van der Waals surface area contributed by atoms with Gasteiger partial charge in [0.1, 0.15) is 0 Å². The number of aromatic nitrogens is 1. The molecule has 0 aliphatic carbocycles. The highest BCUT2D eigenvalue weighted by Gasteiger charge is 2.09. The van der Waals surface area contributed by atoms with Crippen molar-refractivity contribution in [2.45, 2.75) is 26.2 Å². The molecular formula is C13H17N. The van der Waals surface area contributed by atoms with Crippen LogP contribution < -0.4 is 0 Å². The summed E-state index contributed by atoms with van der Waals surface area (Å²) >= 11 is 0. The van der Waals surface area contributed by atoms with Crippen LogP contribution in [0.2, 0.25) is 0 Å². The number of benzene rings is 1. The summed E-state index contributed by atoms with van der Waals surface area (Å²) in [7, 11) is 2.16. The molecular weight excluding hydrogens is 170 g/mol. The first kappa shape index (κ1) is 9.32. The highest BCUT2D eigenvalue weighted by Crippen LogP contribution is 2.25. The molecule has 1 aromatic heterocycles. The minimum atomic E-state index is 0.646. The van der Waals surface area contributed by atoms with Crippen molar-refractivity contribution in [2.75, 3.05) is 0 Å². The van der Waals surface area contributed by atoms with Gasteiger partial charge in [0.25, 0.3) is 0 Å². The van der Waals surface area contributed by atoms with Gasteiger partial charge in [-0.15, -0.1) is 0 Å². The van der Waals surface area contributed by atoms with E-state index in [-0.39, 0.29) is 0 Å². The van der Waals surface area contributed by atoms with Crippen LogP contribution in [0.1, 0.15) is 31.9 Å². The van der Waals surface area contributed by atoms with Crippen LogP contribution in [0.25, 0.3) is 10.9 Å². The van der Waals surface area contributed by atoms with E-state index in [2.05, 4.69) is 55.8 Å². The van der Waals surface area contributed by atoms with Crippen molar-refractivity contribution in [1.82, 2.24) is 4.57 Å². The molecule has 0 saturated carbocycles. The summed E-state index contributed by atoms with van der Waals surface area (Å²) < 4.78 is 2.31. The van der Waals surface area contributed by atoms with Crippen LogP contribution in [-0.2, 0) is 7.05 Å². The minimum absolute atomic E-state index is 0.646. The number of nitrogens with zero attached hydrogens (tertiary/aromatic N) is 1. The monoisotopic (exact) mass is 187 g/mol. The third kappa shape index (κ3) is 1.33. The zero-order valence-corrected chi connectivity index (χ0v) is 9.12. The molecule has 14 heavy (non-hydrogen) atoms. The van der Waals surface area contributed by atoms with E-state index in [1.54, 1.807) is 0 Å². The Hall–Kier alpha value is -1.24. The third-order valence-corrected chi connectivity index (χ3v) is 3.11. The molecule has 0 aliphatic heterocycles. The van der Waals surface area contributed by atoms with E-state index in [9.17, 15) is 0 Å². The van der Waals surface area contributed by atoms with Crippen LogP contribution in [0, 0.1) is 0 Å². The van der Waals surface area contributed by atoms with E-state index >= 15 is 0 Å². The lowest BCUT2D eigenvalue weighted by Crippen LogP contribution is -1.99. The number of hydrogen-bond donors (Lipinski definition) is 0. The zero-order chi connectivity index (χ0) is 10.1. The van der Waals surface area contributed by atoms with Crippen molar-refractivity contribution in [3.63, 3.8) is 0 Å². The van der Waals surface area contributed by atoms with Crippen LogP contribution in [-0.4, -0.2) is 4.57 Å². The smallest absolute Gasteiger partial charge is 0.0479 e. The van der Waals surface area contributed by atoms with E-state index in [1.165, 1.54) is 23.0 Å². The summed E-state index contributed by atoms with van der Waals surface area (Å²) in [5.41, 5.74) is 2.77. The number of fused-ring (bicyclic) bond motifs is 1. The first-order valence-corrected chi connectivity index (χ1v) is 5.28. The Kier molecular flexibility index (Phi) is 2.32. The highest BCUT2D eigenvalue weighted by atomic mass is 14.9. The van der Waals surface area contributed by atoms with Gasteiger partial charge in [-0.2, -0.15) is 0 Å². The molecule has 1 unspecified atom stereocenters. The molecule has 1 heteroatoms. The Morgan fingerprint density at radius 2 is 2.00 bits per heavy atom. The molecule has 0 fully saturated rings. The standard InChI is InChI=1S/C13H17N/c1-4-10(2)13-9-11-7-5-6-8-12(11)14(13)3/h5-10H,4H2,1-3H3. The summed E-state index contributed by atoms with van der Waals surface area (Å²) in [4.78, 5) is 0. The molecule has 0 saturated heterocycles. The second-order valence-corrected chi connectivity index (χ2v) is 4.00. The Bertz CT molecular complexity index is 439. The summed E-state index contributed by atoms with van der Waals surface area (Å²) in [6.07, 6.45) is 1.20. The molecule has 1 aromatic carbocycles. The lowest BCUT2D eigenvalue weighted by molar-refractivity contribution is 0.673. The second kappa shape index (κ2) is 3.49. The molecule has 0 spiro atoms. The molecule has 74 valence electrons. The van der Waals surface area contributed by atoms with Gasteiger partial charge in [0.15, 0.2) is 0 Å². The van der Waals surface area contributed by atoms with Gasteiger partial charge in [-0.1, -0.05) is 32.0 Å². The van der Waals surface area contributed by atoms with Crippen molar-refractivity contribution in [1.29, 1.82) is 0 Å². The average Bonchev–Trinajstić information content (AvgIpc) is 2.56. The van der Waals surface area contributed by atoms with E-state index in [0.717, 1.165) is 0 Å². The maximum atomic E-state index is 2.31. The molecule has 0 N–H and O–H groups in total. The SMILES string of the molecule is CCC(C)c1cc2ccccc2n1C. The van der Waals surface area contributed by atoms with Crippen LogP contribution in [0.3, 0.4) is 0 Å². The molecule has 2 rings (SSSR count). The summed E-state index contributed by atoms with van der Waals surface area (Å²) in [5.74, 6) is 0.646. The van der Waals surface area contributed by atoms with Gasteiger partial charge in [0.05, 0.1) is 0 Å². The van der Waals surface area contributed by atoms with Crippen molar-refractivity contribution >= 4 is 10.9 Å². The topological polar surface area (TPSA) is 4.93 Å². The molecule has 1 heterocycles. The number of rotatable bonds is 2. The van der Waals surface area contributed by atoms with E-state index in [4.69, 9.17) is 0 Å². The largest absolute Gasteiger partial charge is 0.347 e. The first-order valence-electron chi connectivity index (χ1n) is 5.28. The lowest BCUT2D eigenvalue weighted by atomic mass is 10.1. The number of para-hydroxylation sites is 1. The van der Waals surface area contributed by atoms with Crippen LogP contribution in [0.5, 0.6) is 0 Å². The van der Waals surface area contributed by atoms with Gasteiger partial charge in [-0.3, -0.25) is 0 Å². The van der Waals surface area contributed by atoms with Crippen molar-refractivity contribution < 1.29 is 0 Å². The molecule has 1 atom stereocenters. The van der Waals surface area contributed by atoms with Crippen molar-refractivity contribution in [2.24, 2.45) is 7.05 Å². The van der Waals surface area contributed by atoms with Gasteiger partial charge in [-0.05, 0) is 29.9 Å². The summed E-state index contributed by atoms with van der Waals surface area (Å²) in [6.45, 7) is 4.52. The van der Waals surface area contributed by atoms with E-state index < -0.39 is 0 Å². The van der Waals surface area contributed by atoms with Gasteiger partial charge in [0, 0.05) is 18.3 Å². The van der Waals surface area contributed by atoms with Crippen LogP contribution in [0.15, 0.2) is 30.3 Å². The first-order chi connectivity index (χ1) is 6.74. The Morgan fingerprint density at radius 3 is 2.64 bits per heavy atom. The minimum Gasteiger partial charge on any atom is -0.347 e. The Labute approximate surface area is 85.4 Å². The molecule has 0 radical (unpaired) electrons. The molecule has 1 nitrogen and oxygen atoms in total. The van der Waals surface area contributed by atoms with Crippen molar-refractivity contribution in [3.05, 3.63) is 36.0 Å². The fourth-order valence-corrected chi connectivity index (χ4v) is 1.99. The summed E-state index contributed by atoms with van der Waals surface area (Å²) in [5, 5.41) is 1.35. The van der Waals surface area contributed by atoms with Crippen LogP contribution >= 0.6 is 0 Å². The molecule has 0 bridgehead atoms. The third-order valence-electron chi connectivity index (χ3n) is 3.11. The fourth-order valence-electron chi connectivity index (χ4n) is 1.99. The molecule has 0 amide bonds. The predicted molar refractivity (Wildman–Crippen MR) is 61.6 cm³/mol. The van der Waals surface area contributed by atoms with Crippen LogP contribution in [0.4, 0.5) is 0 Å². The van der Waals surface area contributed by atoms with Gasteiger partial charge < -0.3 is 4.57 Å². The number of hydrogen-bond acceptors (Lipinski definition) is 0. The van der Waals surface area contributed by atoms with E-state index in [0.29, 0.717) is 5.92 Å². The maximum absolute atomic E-state index is 2.31. The quantitative estimate of drug-likeness (QED) is 0.675. The van der Waals surface area contributed by atoms with Gasteiger partial charge in [0.2, 0.25) is 0 Å². The highest BCUT2D eigenvalue weighted by molar-refractivity contribution is 5.81. The Balaban J connectivity index is 2.62.